The van der Waals surface area contributed by atoms with E-state index in [1.807, 2.05) is 0 Å². The Morgan fingerprint density at radius 2 is 1.70 bits per heavy atom. The number of nitrogens with two attached hydrogens (primary N) is 1. The first-order chi connectivity index (χ1) is 9.29. The van der Waals surface area contributed by atoms with Gasteiger partial charge in [-0.25, -0.2) is 12.8 Å². The van der Waals surface area contributed by atoms with Crippen molar-refractivity contribution in [1.82, 2.24) is 0 Å². The van der Waals surface area contributed by atoms with Gasteiger partial charge in [-0.2, -0.15) is 0 Å². The van der Waals surface area contributed by atoms with Crippen LogP contribution in [0.5, 0.6) is 0 Å². The van der Waals surface area contributed by atoms with Crippen LogP contribution in [0.4, 0.5) is 4.39 Å². The zero-order valence-corrected chi connectivity index (χ0v) is 11.4. The van der Waals surface area contributed by atoms with E-state index in [4.69, 9.17) is 5.73 Å². The molecule has 2 aromatic rings. The molecule has 0 aromatic heterocycles. The Labute approximate surface area is 116 Å². The normalized spacial score (nSPS) is 11.3. The van der Waals surface area contributed by atoms with Crippen LogP contribution in [0.1, 0.15) is 10.4 Å². The van der Waals surface area contributed by atoms with E-state index >= 15 is 0 Å². The van der Waals surface area contributed by atoms with Gasteiger partial charge in [-0.05, 0) is 29.8 Å². The molecule has 0 fully saturated rings. The Bertz CT molecular complexity index is 768. The number of rotatable bonds is 3. The molecule has 1 amide bonds. The van der Waals surface area contributed by atoms with Gasteiger partial charge in [0.15, 0.2) is 9.84 Å². The largest absolute Gasteiger partial charge is 0.366 e. The first-order valence-electron chi connectivity index (χ1n) is 5.69. The van der Waals surface area contributed by atoms with E-state index in [2.05, 4.69) is 0 Å². The van der Waals surface area contributed by atoms with Crippen molar-refractivity contribution in [3.05, 3.63) is 53.8 Å². The van der Waals surface area contributed by atoms with Crippen molar-refractivity contribution in [2.24, 2.45) is 5.73 Å². The van der Waals surface area contributed by atoms with Crippen LogP contribution >= 0.6 is 0 Å². The Morgan fingerprint density at radius 1 is 1.10 bits per heavy atom. The maximum atomic E-state index is 12.9. The highest BCUT2D eigenvalue weighted by atomic mass is 32.2. The summed E-state index contributed by atoms with van der Waals surface area (Å²) in [7, 11) is -3.55. The van der Waals surface area contributed by atoms with E-state index in [1.54, 1.807) is 0 Å². The van der Waals surface area contributed by atoms with E-state index < -0.39 is 21.6 Å². The summed E-state index contributed by atoms with van der Waals surface area (Å²) in [6.07, 6.45) is 1.04. The summed E-state index contributed by atoms with van der Waals surface area (Å²) in [6.45, 7) is 0. The van der Waals surface area contributed by atoms with Crippen LogP contribution < -0.4 is 5.73 Å². The molecule has 0 aliphatic rings. The molecule has 2 N–H and O–H groups in total. The fraction of sp³-hybridized carbons (Fsp3) is 0.0714. The van der Waals surface area contributed by atoms with E-state index in [0.29, 0.717) is 11.1 Å². The van der Waals surface area contributed by atoms with Gasteiger partial charge in [0.2, 0.25) is 5.91 Å². The van der Waals surface area contributed by atoms with Crippen molar-refractivity contribution < 1.29 is 17.6 Å². The highest BCUT2D eigenvalue weighted by Crippen LogP contribution is 2.28. The third-order valence-electron chi connectivity index (χ3n) is 2.82. The van der Waals surface area contributed by atoms with Gasteiger partial charge in [0, 0.05) is 17.4 Å². The summed E-state index contributed by atoms with van der Waals surface area (Å²) in [6, 6.07) is 9.59. The van der Waals surface area contributed by atoms with Gasteiger partial charge >= 0.3 is 0 Å². The number of carbonyl (C=O) groups is 1. The van der Waals surface area contributed by atoms with Crippen LogP contribution in [0.3, 0.4) is 0 Å². The molecule has 6 heteroatoms. The van der Waals surface area contributed by atoms with Gasteiger partial charge in [0.05, 0.1) is 4.90 Å². The molecule has 0 unspecified atom stereocenters. The number of carbonyl (C=O) groups excluding carboxylic acids is 1. The summed E-state index contributed by atoms with van der Waals surface area (Å²) < 4.78 is 36.6. The maximum absolute atomic E-state index is 12.9. The SMILES string of the molecule is CS(=O)(=O)c1cc(C(N)=O)ccc1-c1ccc(F)cc1. The van der Waals surface area contributed by atoms with E-state index in [-0.39, 0.29) is 10.5 Å². The molecular formula is C14H12FNO3S. The second-order valence-corrected chi connectivity index (χ2v) is 6.34. The van der Waals surface area contributed by atoms with Gasteiger partial charge in [0.25, 0.3) is 0 Å². The van der Waals surface area contributed by atoms with E-state index in [0.717, 1.165) is 6.26 Å². The molecule has 0 atom stereocenters. The molecule has 0 aliphatic heterocycles. The maximum Gasteiger partial charge on any atom is 0.248 e. The van der Waals surface area contributed by atoms with Crippen molar-refractivity contribution in [1.29, 1.82) is 0 Å². The molecule has 2 rings (SSSR count). The molecule has 0 heterocycles. The summed E-state index contributed by atoms with van der Waals surface area (Å²) in [5.74, 6) is -1.12. The second kappa shape index (κ2) is 5.05. The second-order valence-electron chi connectivity index (χ2n) is 4.35. The molecule has 4 nitrogen and oxygen atoms in total. The van der Waals surface area contributed by atoms with Crippen molar-refractivity contribution in [3.63, 3.8) is 0 Å². The quantitative estimate of drug-likeness (QED) is 0.940. The molecule has 104 valence electrons. The number of hydrogen-bond acceptors (Lipinski definition) is 3. The number of sulfone groups is 1. The Hall–Kier alpha value is -2.21. The third-order valence-corrected chi connectivity index (χ3v) is 3.96. The molecule has 0 radical (unpaired) electrons. The summed E-state index contributed by atoms with van der Waals surface area (Å²) in [5.41, 5.74) is 6.20. The van der Waals surface area contributed by atoms with Gasteiger partial charge < -0.3 is 5.73 Å². The topological polar surface area (TPSA) is 77.2 Å². The summed E-state index contributed by atoms with van der Waals surface area (Å²) in [5, 5.41) is 0. The Kier molecular flexibility index (Phi) is 3.59. The molecule has 2 aromatic carbocycles. The van der Waals surface area contributed by atoms with Gasteiger partial charge in [0.1, 0.15) is 5.82 Å². The van der Waals surface area contributed by atoms with Crippen LogP contribution in [0.15, 0.2) is 47.4 Å². The molecular weight excluding hydrogens is 281 g/mol. The predicted molar refractivity (Wildman–Crippen MR) is 73.5 cm³/mol. The number of amides is 1. The lowest BCUT2D eigenvalue weighted by Gasteiger charge is -2.09. The Morgan fingerprint density at radius 3 is 2.20 bits per heavy atom. The van der Waals surface area contributed by atoms with Crippen molar-refractivity contribution in [2.45, 2.75) is 4.90 Å². The smallest absolute Gasteiger partial charge is 0.248 e. The van der Waals surface area contributed by atoms with Crippen molar-refractivity contribution in [3.8, 4) is 11.1 Å². The van der Waals surface area contributed by atoms with Crippen LogP contribution in [0.2, 0.25) is 0 Å². The standard InChI is InChI=1S/C14H12FNO3S/c1-20(18,19)13-8-10(14(16)17)4-7-12(13)9-2-5-11(15)6-3-9/h2-8H,1H3,(H2,16,17). The van der Waals surface area contributed by atoms with Gasteiger partial charge in [-0.1, -0.05) is 18.2 Å². The molecule has 20 heavy (non-hydrogen) atoms. The Balaban J connectivity index is 2.70. The number of benzene rings is 2. The zero-order valence-electron chi connectivity index (χ0n) is 10.6. The highest BCUT2D eigenvalue weighted by Gasteiger charge is 2.17. The minimum absolute atomic E-state index is 0.0135. The third kappa shape index (κ3) is 2.85. The van der Waals surface area contributed by atoms with Crippen molar-refractivity contribution in [2.75, 3.05) is 6.26 Å². The first-order valence-corrected chi connectivity index (χ1v) is 7.58. The molecule has 0 bridgehead atoms. The first kappa shape index (κ1) is 14.2. The zero-order chi connectivity index (χ0) is 14.9. The average molecular weight is 293 g/mol. The number of hydrogen-bond donors (Lipinski definition) is 1. The minimum Gasteiger partial charge on any atom is -0.366 e. The summed E-state index contributed by atoms with van der Waals surface area (Å²) >= 11 is 0. The number of halogens is 1. The predicted octanol–water partition coefficient (Wildman–Crippen LogP) is 2.00. The highest BCUT2D eigenvalue weighted by molar-refractivity contribution is 7.90. The molecule has 0 aliphatic carbocycles. The lowest BCUT2D eigenvalue weighted by molar-refractivity contribution is 0.1000. The average Bonchev–Trinajstić information content (AvgIpc) is 2.38. The van der Waals surface area contributed by atoms with Gasteiger partial charge in [-0.3, -0.25) is 4.79 Å². The monoisotopic (exact) mass is 293 g/mol. The van der Waals surface area contributed by atoms with Gasteiger partial charge in [-0.15, -0.1) is 0 Å². The fourth-order valence-electron chi connectivity index (χ4n) is 1.85. The van der Waals surface area contributed by atoms with E-state index in [9.17, 15) is 17.6 Å². The van der Waals surface area contributed by atoms with Crippen LogP contribution in [-0.2, 0) is 9.84 Å². The van der Waals surface area contributed by atoms with Crippen LogP contribution in [0, 0.1) is 5.82 Å². The number of primary amides is 1. The van der Waals surface area contributed by atoms with E-state index in [1.165, 1.54) is 42.5 Å². The molecule has 0 spiro atoms. The van der Waals surface area contributed by atoms with Crippen molar-refractivity contribution >= 4 is 15.7 Å². The lowest BCUT2D eigenvalue weighted by atomic mass is 10.0. The fourth-order valence-corrected chi connectivity index (χ4v) is 2.78. The van der Waals surface area contributed by atoms with Crippen LogP contribution in [0.25, 0.3) is 11.1 Å². The molecule has 0 saturated heterocycles. The molecule has 0 saturated carbocycles. The minimum atomic E-state index is -3.55. The van der Waals surface area contributed by atoms with Crippen LogP contribution in [-0.4, -0.2) is 20.6 Å². The lowest BCUT2D eigenvalue weighted by Crippen LogP contribution is -2.12. The summed E-state index contributed by atoms with van der Waals surface area (Å²) in [4.78, 5) is 11.1.